The summed E-state index contributed by atoms with van der Waals surface area (Å²) in [5, 5.41) is 0. The SMILES string of the molecule is CN1CCCC[CH]1[Mg][Br]. The van der Waals surface area contributed by atoms with Gasteiger partial charge in [-0.15, -0.1) is 0 Å². The molecule has 1 nitrogen and oxygen atoms in total. The van der Waals surface area contributed by atoms with Crippen molar-refractivity contribution in [3.63, 3.8) is 0 Å². The molecule has 1 aliphatic rings. The van der Waals surface area contributed by atoms with E-state index in [-0.39, 0.29) is 18.2 Å². The number of likely N-dealkylation sites (tertiary alicyclic amines) is 1. The fraction of sp³-hybridized carbons (Fsp3) is 1.00. The van der Waals surface area contributed by atoms with Gasteiger partial charge in [0.25, 0.3) is 0 Å². The number of hydrogen-bond acceptors (Lipinski definition) is 1. The zero-order valence-corrected chi connectivity index (χ0v) is 8.94. The predicted molar refractivity (Wildman–Crippen MR) is 45.0 cm³/mol. The average molecular weight is 202 g/mol. The van der Waals surface area contributed by atoms with Crippen molar-refractivity contribution in [2.45, 2.75) is 23.4 Å². The summed E-state index contributed by atoms with van der Waals surface area (Å²) < 4.78 is 0.943. The molecule has 1 atom stereocenters. The maximum atomic E-state index is 3.65. The molecule has 0 aromatic heterocycles. The monoisotopic (exact) mass is 201 g/mol. The predicted octanol–water partition coefficient (Wildman–Crippen LogP) is 1.44. The molecule has 50 valence electrons. The number of rotatable bonds is 1. The van der Waals surface area contributed by atoms with E-state index in [4.69, 9.17) is 0 Å². The molecule has 1 unspecified atom stereocenters. The molecule has 0 amide bonds. The summed E-state index contributed by atoms with van der Waals surface area (Å²) in [6.07, 6.45) is 4.30. The standard InChI is InChI=1S/C6H12N.BrH.Mg/c1-7-5-3-2-4-6-7;;/h5H,2-4,6H2,1H3;1H;/q;;+1/p-1. The van der Waals surface area contributed by atoms with Crippen LogP contribution in [0.4, 0.5) is 0 Å². The van der Waals surface area contributed by atoms with Crippen molar-refractivity contribution >= 4 is 31.1 Å². The first-order valence-corrected chi connectivity index (χ1v) is 8.32. The number of hydrogen-bond donors (Lipinski definition) is 0. The van der Waals surface area contributed by atoms with E-state index in [1.807, 2.05) is 0 Å². The lowest BCUT2D eigenvalue weighted by atomic mass is 10.1. The highest BCUT2D eigenvalue weighted by Gasteiger charge is 2.18. The normalized spacial score (nSPS) is 29.8. The second-order valence-corrected chi connectivity index (χ2v) is 5.98. The minimum Gasteiger partial charge on any atom is -0.327 e. The Balaban J connectivity index is 2.30. The highest BCUT2D eigenvalue weighted by atomic mass is 79.9. The van der Waals surface area contributed by atoms with Crippen LogP contribution >= 0.6 is 12.9 Å². The molecular formula is C6H12BrMgN. The molecule has 0 aliphatic carbocycles. The Labute approximate surface area is 72.8 Å². The van der Waals surface area contributed by atoms with Crippen molar-refractivity contribution < 1.29 is 0 Å². The molecule has 9 heavy (non-hydrogen) atoms. The van der Waals surface area contributed by atoms with Crippen LogP contribution in [-0.4, -0.2) is 40.9 Å². The highest BCUT2D eigenvalue weighted by Crippen LogP contribution is 2.14. The Morgan fingerprint density at radius 2 is 2.33 bits per heavy atom. The maximum Gasteiger partial charge on any atom is 0.490 e. The molecule has 0 spiro atoms. The summed E-state index contributed by atoms with van der Waals surface area (Å²) in [5.41, 5.74) is 0. The molecule has 0 saturated carbocycles. The summed E-state index contributed by atoms with van der Waals surface area (Å²) in [4.78, 5) is 2.50. The van der Waals surface area contributed by atoms with E-state index in [0.717, 1.165) is 4.17 Å². The van der Waals surface area contributed by atoms with Crippen LogP contribution in [0.5, 0.6) is 0 Å². The lowest BCUT2D eigenvalue weighted by Gasteiger charge is -2.31. The third kappa shape index (κ3) is 2.37. The number of piperidine rings is 1. The Morgan fingerprint density at radius 1 is 1.56 bits per heavy atom. The lowest BCUT2D eigenvalue weighted by molar-refractivity contribution is 0.245. The van der Waals surface area contributed by atoms with Crippen molar-refractivity contribution in [3.8, 4) is 0 Å². The van der Waals surface area contributed by atoms with Gasteiger partial charge in [0.05, 0.1) is 0 Å². The minimum atomic E-state index is 0.0592. The van der Waals surface area contributed by atoms with Crippen LogP contribution in [0.1, 0.15) is 19.3 Å². The van der Waals surface area contributed by atoms with Crippen LogP contribution < -0.4 is 0 Å². The van der Waals surface area contributed by atoms with E-state index >= 15 is 0 Å². The fourth-order valence-corrected chi connectivity index (χ4v) is 4.65. The van der Waals surface area contributed by atoms with Gasteiger partial charge in [-0.2, -0.15) is 0 Å². The van der Waals surface area contributed by atoms with E-state index in [1.54, 1.807) is 0 Å². The molecule has 0 N–H and O–H groups in total. The first kappa shape index (κ1) is 8.30. The molecule has 0 aromatic carbocycles. The summed E-state index contributed by atoms with van der Waals surface area (Å²) in [7, 11) is 2.25. The summed E-state index contributed by atoms with van der Waals surface area (Å²) in [6, 6.07) is 0. The number of nitrogens with zero attached hydrogens (tertiary/aromatic N) is 1. The van der Waals surface area contributed by atoms with Gasteiger partial charge in [-0.3, -0.25) is 0 Å². The van der Waals surface area contributed by atoms with E-state index in [0.29, 0.717) is 0 Å². The van der Waals surface area contributed by atoms with Crippen molar-refractivity contribution in [2.75, 3.05) is 13.6 Å². The molecule has 1 heterocycles. The Kier molecular flexibility index (Phi) is 3.84. The first-order chi connectivity index (χ1) is 4.34. The second-order valence-electron chi connectivity index (χ2n) is 2.78. The molecule has 1 saturated heterocycles. The third-order valence-electron chi connectivity index (χ3n) is 2.10. The van der Waals surface area contributed by atoms with Crippen LogP contribution in [0.3, 0.4) is 0 Å². The molecule has 0 aromatic rings. The van der Waals surface area contributed by atoms with Gasteiger partial charge in [-0.25, -0.2) is 0 Å². The van der Waals surface area contributed by atoms with Gasteiger partial charge in [0.2, 0.25) is 0 Å². The van der Waals surface area contributed by atoms with Gasteiger partial charge in [0.1, 0.15) is 0 Å². The summed E-state index contributed by atoms with van der Waals surface area (Å²) in [6.45, 7) is 1.32. The van der Waals surface area contributed by atoms with Crippen LogP contribution in [0.15, 0.2) is 0 Å². The van der Waals surface area contributed by atoms with Crippen LogP contribution in [-0.2, 0) is 0 Å². The molecule has 0 radical (unpaired) electrons. The first-order valence-electron chi connectivity index (χ1n) is 3.61. The van der Waals surface area contributed by atoms with Gasteiger partial charge >= 0.3 is 18.2 Å². The molecule has 3 heteroatoms. The largest absolute Gasteiger partial charge is 0.490 e. The lowest BCUT2D eigenvalue weighted by Crippen LogP contribution is -2.38. The van der Waals surface area contributed by atoms with E-state index < -0.39 is 0 Å². The van der Waals surface area contributed by atoms with Crippen molar-refractivity contribution in [2.24, 2.45) is 0 Å². The zero-order valence-electron chi connectivity index (χ0n) is 5.94. The van der Waals surface area contributed by atoms with Crippen molar-refractivity contribution in [3.05, 3.63) is 0 Å². The molecule has 1 aliphatic heterocycles. The molecule has 1 fully saturated rings. The van der Waals surface area contributed by atoms with Gasteiger partial charge in [0.15, 0.2) is 0 Å². The number of halogens is 1. The van der Waals surface area contributed by atoms with E-state index in [2.05, 4.69) is 24.8 Å². The average Bonchev–Trinajstić information content (AvgIpc) is 1.89. The van der Waals surface area contributed by atoms with Crippen LogP contribution in [0.25, 0.3) is 0 Å². The molecular weight excluding hydrogens is 190 g/mol. The second kappa shape index (κ2) is 4.16. The van der Waals surface area contributed by atoms with Gasteiger partial charge in [-0.1, -0.05) is 17.0 Å². The van der Waals surface area contributed by atoms with E-state index in [1.165, 1.54) is 25.8 Å². The highest BCUT2D eigenvalue weighted by molar-refractivity contribution is 9.23. The third-order valence-corrected chi connectivity index (χ3v) is 5.73. The van der Waals surface area contributed by atoms with Gasteiger partial charge < -0.3 is 17.8 Å². The van der Waals surface area contributed by atoms with Crippen LogP contribution in [0, 0.1) is 0 Å². The van der Waals surface area contributed by atoms with E-state index in [9.17, 15) is 0 Å². The Morgan fingerprint density at radius 3 is 2.78 bits per heavy atom. The Hall–Kier alpha value is 1.21. The quantitative estimate of drug-likeness (QED) is 0.582. The van der Waals surface area contributed by atoms with Gasteiger partial charge in [-0.05, 0) is 20.0 Å². The molecule has 0 bridgehead atoms. The molecule has 1 rings (SSSR count). The van der Waals surface area contributed by atoms with Crippen LogP contribution in [0.2, 0.25) is 0 Å². The minimum absolute atomic E-state index is 0.0592. The zero-order chi connectivity index (χ0) is 6.69. The maximum absolute atomic E-state index is 3.65. The summed E-state index contributed by atoms with van der Waals surface area (Å²) in [5.74, 6) is 0. The fourth-order valence-electron chi connectivity index (χ4n) is 1.34. The van der Waals surface area contributed by atoms with Gasteiger partial charge in [0, 0.05) is 0 Å². The topological polar surface area (TPSA) is 3.24 Å². The van der Waals surface area contributed by atoms with Crippen molar-refractivity contribution in [1.29, 1.82) is 0 Å². The smallest absolute Gasteiger partial charge is 0.327 e. The summed E-state index contributed by atoms with van der Waals surface area (Å²) >= 11 is 3.71. The Bertz CT molecular complexity index is 89.1. The van der Waals surface area contributed by atoms with Crippen molar-refractivity contribution in [1.82, 2.24) is 4.90 Å².